The van der Waals surface area contributed by atoms with Crippen molar-refractivity contribution in [1.82, 2.24) is 0 Å². The molecule has 0 aliphatic heterocycles. The van der Waals surface area contributed by atoms with Crippen molar-refractivity contribution < 1.29 is 0 Å². The summed E-state index contributed by atoms with van der Waals surface area (Å²) in [4.78, 5) is 0. The molecule has 0 unspecified atom stereocenters. The first-order valence-corrected chi connectivity index (χ1v) is 16.6. The van der Waals surface area contributed by atoms with Gasteiger partial charge in [-0.15, -0.1) is 0 Å². The van der Waals surface area contributed by atoms with E-state index in [2.05, 4.69) is 149 Å². The quantitative estimate of drug-likeness (QED) is 0.156. The van der Waals surface area contributed by atoms with Gasteiger partial charge >= 0.3 is 0 Å². The normalized spacial score (nSPS) is 15.7. The van der Waals surface area contributed by atoms with Crippen molar-refractivity contribution in [3.05, 3.63) is 144 Å². The Morgan fingerprint density at radius 3 is 1.63 bits per heavy atom. The number of fused-ring (bicyclic) bond motifs is 13. The highest BCUT2D eigenvalue weighted by molar-refractivity contribution is 6.27. The van der Waals surface area contributed by atoms with Crippen molar-refractivity contribution >= 4 is 64.6 Å². The van der Waals surface area contributed by atoms with Gasteiger partial charge in [-0.25, -0.2) is 0 Å². The van der Waals surface area contributed by atoms with E-state index in [0.29, 0.717) is 0 Å². The molecule has 0 bridgehead atoms. The highest BCUT2D eigenvalue weighted by atomic mass is 14.5. The lowest BCUT2D eigenvalue weighted by Gasteiger charge is -2.24. The molecule has 216 valence electrons. The molecule has 0 fully saturated rings. The summed E-state index contributed by atoms with van der Waals surface area (Å²) in [6, 6.07) is 46.7. The van der Waals surface area contributed by atoms with E-state index < -0.39 is 0 Å². The predicted octanol–water partition coefficient (Wildman–Crippen LogP) is 12.7. The maximum Gasteiger partial charge on any atom is 0.0159 e. The van der Waals surface area contributed by atoms with Crippen molar-refractivity contribution in [2.75, 3.05) is 0 Å². The van der Waals surface area contributed by atoms with Gasteiger partial charge in [0.15, 0.2) is 0 Å². The molecule has 0 nitrogen and oxygen atoms in total. The third-order valence-corrected chi connectivity index (χ3v) is 11.9. The van der Waals surface area contributed by atoms with Crippen LogP contribution in [-0.2, 0) is 10.8 Å². The maximum absolute atomic E-state index is 2.58. The fourth-order valence-electron chi connectivity index (χ4n) is 9.65. The molecule has 2 aliphatic rings. The van der Waals surface area contributed by atoms with Crippen LogP contribution in [0.25, 0.3) is 86.9 Å². The summed E-state index contributed by atoms with van der Waals surface area (Å²) < 4.78 is 0. The fourth-order valence-corrected chi connectivity index (χ4v) is 9.65. The summed E-state index contributed by atoms with van der Waals surface area (Å²) >= 11 is 0. The minimum Gasteiger partial charge on any atom is -0.0616 e. The fraction of sp³-hybridized carbons (Fsp3) is 0.130. The van der Waals surface area contributed by atoms with Crippen LogP contribution in [0.4, 0.5) is 0 Å². The van der Waals surface area contributed by atoms with Crippen molar-refractivity contribution in [2.24, 2.45) is 0 Å². The first-order valence-electron chi connectivity index (χ1n) is 16.6. The zero-order valence-electron chi connectivity index (χ0n) is 26.5. The van der Waals surface area contributed by atoms with Crippen molar-refractivity contribution in [3.63, 3.8) is 0 Å². The predicted molar refractivity (Wildman–Crippen MR) is 198 cm³/mol. The molecule has 9 aromatic carbocycles. The van der Waals surface area contributed by atoms with Crippen molar-refractivity contribution in [3.8, 4) is 22.3 Å². The van der Waals surface area contributed by atoms with Gasteiger partial charge in [-0.3, -0.25) is 0 Å². The largest absolute Gasteiger partial charge is 0.0616 e. The molecule has 0 amide bonds. The molecule has 46 heavy (non-hydrogen) atoms. The van der Waals surface area contributed by atoms with Crippen LogP contribution >= 0.6 is 0 Å². The molecule has 0 spiro atoms. The average Bonchev–Trinajstić information content (AvgIpc) is 3.44. The van der Waals surface area contributed by atoms with Crippen LogP contribution < -0.4 is 0 Å². The van der Waals surface area contributed by atoms with E-state index >= 15 is 0 Å². The summed E-state index contributed by atoms with van der Waals surface area (Å²) in [5.74, 6) is 0. The van der Waals surface area contributed by atoms with Crippen LogP contribution in [0.3, 0.4) is 0 Å². The second-order valence-corrected chi connectivity index (χ2v) is 14.9. The molecular formula is C46H32. The van der Waals surface area contributed by atoms with Gasteiger partial charge in [-0.1, -0.05) is 131 Å². The highest BCUT2D eigenvalue weighted by Crippen LogP contribution is 2.59. The van der Waals surface area contributed by atoms with Gasteiger partial charge in [0, 0.05) is 10.8 Å². The summed E-state index contributed by atoms with van der Waals surface area (Å²) in [6.45, 7) is 9.73. The van der Waals surface area contributed by atoms with E-state index in [1.807, 2.05) is 0 Å². The SMILES string of the molecule is CC1(C)c2cc3c(cc2-c2c1ccc1c2ccc2ccc4ccccc4c21)C(C)(C)c1cc2ccc4cccc5ccc(c1-3)c2c45. The molecule has 0 saturated heterocycles. The Labute approximate surface area is 268 Å². The molecule has 2 aliphatic carbocycles. The zero-order valence-corrected chi connectivity index (χ0v) is 26.5. The van der Waals surface area contributed by atoms with Crippen LogP contribution in [0.15, 0.2) is 121 Å². The van der Waals surface area contributed by atoms with Crippen LogP contribution in [-0.4, -0.2) is 0 Å². The molecule has 0 atom stereocenters. The smallest absolute Gasteiger partial charge is 0.0159 e. The number of benzene rings is 9. The lowest BCUT2D eigenvalue weighted by Crippen LogP contribution is -2.17. The van der Waals surface area contributed by atoms with E-state index in [-0.39, 0.29) is 10.8 Å². The van der Waals surface area contributed by atoms with Crippen LogP contribution in [0, 0.1) is 0 Å². The van der Waals surface area contributed by atoms with Crippen molar-refractivity contribution in [2.45, 2.75) is 38.5 Å². The van der Waals surface area contributed by atoms with Gasteiger partial charge < -0.3 is 0 Å². The Morgan fingerprint density at radius 1 is 0.326 bits per heavy atom. The van der Waals surface area contributed by atoms with E-state index in [1.54, 1.807) is 0 Å². The second kappa shape index (κ2) is 7.95. The highest BCUT2D eigenvalue weighted by Gasteiger charge is 2.43. The lowest BCUT2D eigenvalue weighted by atomic mass is 9.79. The summed E-state index contributed by atoms with van der Waals surface area (Å²) in [7, 11) is 0. The Bertz CT molecular complexity index is 2830. The summed E-state index contributed by atoms with van der Waals surface area (Å²) in [5.41, 5.74) is 11.3. The minimum atomic E-state index is -0.107. The third kappa shape index (κ3) is 2.80. The van der Waals surface area contributed by atoms with Gasteiger partial charge in [-0.2, -0.15) is 0 Å². The first kappa shape index (κ1) is 25.0. The molecule has 0 aromatic heterocycles. The van der Waals surface area contributed by atoms with Crippen LogP contribution in [0.5, 0.6) is 0 Å². The molecule has 0 heteroatoms. The van der Waals surface area contributed by atoms with Crippen LogP contribution in [0.2, 0.25) is 0 Å². The van der Waals surface area contributed by atoms with Gasteiger partial charge in [0.05, 0.1) is 0 Å². The molecule has 9 aromatic rings. The number of hydrogen-bond acceptors (Lipinski definition) is 0. The second-order valence-electron chi connectivity index (χ2n) is 14.9. The summed E-state index contributed by atoms with van der Waals surface area (Å²) in [5, 5.41) is 16.2. The van der Waals surface area contributed by atoms with Gasteiger partial charge in [0.2, 0.25) is 0 Å². The molecule has 0 saturated carbocycles. The van der Waals surface area contributed by atoms with Gasteiger partial charge in [0.25, 0.3) is 0 Å². The molecule has 0 radical (unpaired) electrons. The third-order valence-electron chi connectivity index (χ3n) is 11.9. The van der Waals surface area contributed by atoms with Crippen molar-refractivity contribution in [1.29, 1.82) is 0 Å². The zero-order chi connectivity index (χ0) is 30.7. The average molecular weight is 585 g/mol. The van der Waals surface area contributed by atoms with Crippen LogP contribution in [0.1, 0.15) is 49.9 Å². The van der Waals surface area contributed by atoms with E-state index in [4.69, 9.17) is 0 Å². The first-order chi connectivity index (χ1) is 22.3. The Balaban J connectivity index is 1.24. The number of rotatable bonds is 0. The molecule has 0 N–H and O–H groups in total. The Kier molecular flexibility index (Phi) is 4.33. The van der Waals surface area contributed by atoms with E-state index in [0.717, 1.165) is 0 Å². The molecular weight excluding hydrogens is 553 g/mol. The standard InChI is InChI=1S/C46H32/c1-45(2)36-21-20-31-32(18-16-28-13-12-25-8-5-6-11-30(25)41(28)31)43(36)34-23-38-35(24-37(34)45)44-33-19-17-27-10-7-9-26-14-15-29(42(33)40(26)27)22-39(44)46(38,3)4/h5-24H,1-4H3. The van der Waals surface area contributed by atoms with Gasteiger partial charge in [0.1, 0.15) is 0 Å². The van der Waals surface area contributed by atoms with Gasteiger partial charge in [-0.05, 0) is 127 Å². The minimum absolute atomic E-state index is 0.0989. The number of hydrogen-bond donors (Lipinski definition) is 0. The van der Waals surface area contributed by atoms with E-state index in [1.165, 1.54) is 109 Å². The van der Waals surface area contributed by atoms with E-state index in [9.17, 15) is 0 Å². The Hall–Kier alpha value is -5.20. The maximum atomic E-state index is 2.58. The Morgan fingerprint density at radius 2 is 0.870 bits per heavy atom. The summed E-state index contributed by atoms with van der Waals surface area (Å²) in [6.07, 6.45) is 0. The lowest BCUT2D eigenvalue weighted by molar-refractivity contribution is 0.652. The monoisotopic (exact) mass is 584 g/mol. The molecule has 11 rings (SSSR count). The topological polar surface area (TPSA) is 0 Å². The molecule has 0 heterocycles.